The number of ether oxygens (including phenoxy) is 1. The summed E-state index contributed by atoms with van der Waals surface area (Å²) in [5.74, 6) is 1.14. The van der Waals surface area contributed by atoms with Crippen LogP contribution in [0.1, 0.15) is 37.0 Å². The third-order valence-corrected chi connectivity index (χ3v) is 4.13. The Balaban J connectivity index is 1.69. The van der Waals surface area contributed by atoms with Crippen molar-refractivity contribution in [3.63, 3.8) is 0 Å². The van der Waals surface area contributed by atoms with Gasteiger partial charge in [0.15, 0.2) is 6.61 Å². The number of allylic oxidation sites excluding steroid dienone is 2. The smallest absolute Gasteiger partial charge is 0.265 e. The summed E-state index contributed by atoms with van der Waals surface area (Å²) < 4.78 is 11.0. The van der Waals surface area contributed by atoms with Gasteiger partial charge >= 0.3 is 0 Å². The van der Waals surface area contributed by atoms with Crippen molar-refractivity contribution < 1.29 is 13.9 Å². The van der Waals surface area contributed by atoms with E-state index in [9.17, 15) is 4.79 Å². The molecule has 3 rings (SSSR count). The van der Waals surface area contributed by atoms with Crippen LogP contribution in [0.4, 0.5) is 0 Å². The highest BCUT2D eigenvalue weighted by molar-refractivity contribution is 5.79. The first-order chi connectivity index (χ1) is 12.3. The summed E-state index contributed by atoms with van der Waals surface area (Å²) in [6.45, 7) is 0.326. The zero-order chi connectivity index (χ0) is 17.5. The lowest BCUT2D eigenvalue weighted by Gasteiger charge is -2.27. The van der Waals surface area contributed by atoms with Crippen molar-refractivity contribution >= 4 is 5.91 Å². The normalized spacial score (nSPS) is 13.6. The van der Waals surface area contributed by atoms with E-state index in [0.717, 1.165) is 37.1 Å². The van der Waals surface area contributed by atoms with Gasteiger partial charge in [-0.15, -0.1) is 0 Å². The highest BCUT2D eigenvalue weighted by Crippen LogP contribution is 2.23. The van der Waals surface area contributed by atoms with Crippen LogP contribution in [0.5, 0.6) is 5.75 Å². The number of nitriles is 1. The van der Waals surface area contributed by atoms with Gasteiger partial charge in [-0.05, 0) is 56.0 Å². The molecule has 5 nitrogen and oxygen atoms in total. The molecule has 1 aliphatic carbocycles. The fourth-order valence-corrected chi connectivity index (χ4v) is 2.85. The standard InChI is InChI=1S/C20H20N2O3/c21-13-16-6-4-9-18(12-16)25-15-20(23)22(14-19-10-5-11-24-19)17-7-2-1-3-8-17/h4-7,9-12H,1-3,8,14-15H2. The number of amides is 1. The maximum absolute atomic E-state index is 12.7. The molecule has 0 radical (unpaired) electrons. The van der Waals surface area contributed by atoms with Gasteiger partial charge in [0.2, 0.25) is 0 Å². The lowest BCUT2D eigenvalue weighted by atomic mass is 10.0. The monoisotopic (exact) mass is 336 g/mol. The topological polar surface area (TPSA) is 66.5 Å². The Kier molecular flexibility index (Phi) is 5.53. The van der Waals surface area contributed by atoms with E-state index in [4.69, 9.17) is 14.4 Å². The molecule has 0 saturated heterocycles. The summed E-state index contributed by atoms with van der Waals surface area (Å²) in [6.07, 6.45) is 7.85. The molecule has 1 aromatic carbocycles. The van der Waals surface area contributed by atoms with Gasteiger partial charge in [-0.25, -0.2) is 0 Å². The molecule has 128 valence electrons. The predicted octanol–water partition coefficient (Wildman–Crippen LogP) is 4.02. The molecular weight excluding hydrogens is 316 g/mol. The van der Waals surface area contributed by atoms with E-state index in [2.05, 4.69) is 12.1 Å². The molecule has 0 unspecified atom stereocenters. The third-order valence-electron chi connectivity index (χ3n) is 4.13. The number of furan rings is 1. The van der Waals surface area contributed by atoms with Crippen LogP contribution in [-0.2, 0) is 11.3 Å². The molecule has 1 amide bonds. The predicted molar refractivity (Wildman–Crippen MR) is 92.5 cm³/mol. The lowest BCUT2D eigenvalue weighted by molar-refractivity contribution is -0.132. The molecule has 5 heteroatoms. The summed E-state index contributed by atoms with van der Waals surface area (Å²) >= 11 is 0. The van der Waals surface area contributed by atoms with Crippen LogP contribution >= 0.6 is 0 Å². The Morgan fingerprint density at radius 3 is 2.92 bits per heavy atom. The summed E-state index contributed by atoms with van der Waals surface area (Å²) in [7, 11) is 0. The Labute approximate surface area is 147 Å². The number of benzene rings is 1. The van der Waals surface area contributed by atoms with E-state index in [-0.39, 0.29) is 12.5 Å². The first-order valence-electron chi connectivity index (χ1n) is 8.41. The molecule has 0 fully saturated rings. The van der Waals surface area contributed by atoms with Gasteiger partial charge in [0.05, 0.1) is 24.4 Å². The third kappa shape index (κ3) is 4.51. The van der Waals surface area contributed by atoms with E-state index in [1.165, 1.54) is 0 Å². The number of hydrogen-bond donors (Lipinski definition) is 0. The molecule has 2 aromatic rings. The molecule has 0 spiro atoms. The van der Waals surface area contributed by atoms with Crippen LogP contribution in [0.25, 0.3) is 0 Å². The van der Waals surface area contributed by atoms with Crippen LogP contribution in [0.2, 0.25) is 0 Å². The second-order valence-corrected chi connectivity index (χ2v) is 5.93. The zero-order valence-corrected chi connectivity index (χ0v) is 14.0. The molecule has 1 heterocycles. The van der Waals surface area contributed by atoms with E-state index >= 15 is 0 Å². The van der Waals surface area contributed by atoms with Gasteiger partial charge in [-0.2, -0.15) is 5.26 Å². The quantitative estimate of drug-likeness (QED) is 0.799. The van der Waals surface area contributed by atoms with E-state index < -0.39 is 0 Å². The molecule has 0 bridgehead atoms. The average molecular weight is 336 g/mol. The van der Waals surface area contributed by atoms with Crippen LogP contribution < -0.4 is 4.74 Å². The second-order valence-electron chi connectivity index (χ2n) is 5.93. The number of rotatable bonds is 6. The van der Waals surface area contributed by atoms with Crippen LogP contribution in [0.15, 0.2) is 58.9 Å². The molecule has 0 saturated carbocycles. The zero-order valence-electron chi connectivity index (χ0n) is 14.0. The molecule has 0 N–H and O–H groups in total. The summed E-state index contributed by atoms with van der Waals surface area (Å²) in [4.78, 5) is 14.5. The number of nitrogens with zero attached hydrogens (tertiary/aromatic N) is 2. The van der Waals surface area contributed by atoms with Gasteiger partial charge in [-0.1, -0.05) is 12.1 Å². The Bertz CT molecular complexity index is 788. The maximum Gasteiger partial charge on any atom is 0.265 e. The lowest BCUT2D eigenvalue weighted by Crippen LogP contribution is -2.34. The van der Waals surface area contributed by atoms with Gasteiger partial charge in [0.1, 0.15) is 11.5 Å². The van der Waals surface area contributed by atoms with Gasteiger partial charge in [0.25, 0.3) is 5.91 Å². The molecule has 1 aromatic heterocycles. The van der Waals surface area contributed by atoms with Crippen molar-refractivity contribution in [3.05, 3.63) is 65.8 Å². The highest BCUT2D eigenvalue weighted by Gasteiger charge is 2.21. The largest absolute Gasteiger partial charge is 0.484 e. The van der Waals surface area contributed by atoms with Crippen molar-refractivity contribution in [1.82, 2.24) is 4.90 Å². The fourth-order valence-electron chi connectivity index (χ4n) is 2.85. The van der Waals surface area contributed by atoms with Crippen molar-refractivity contribution in [2.24, 2.45) is 0 Å². The van der Waals surface area contributed by atoms with Crippen molar-refractivity contribution in [1.29, 1.82) is 5.26 Å². The minimum Gasteiger partial charge on any atom is -0.484 e. The van der Waals surface area contributed by atoms with E-state index in [1.807, 2.05) is 12.1 Å². The molecule has 25 heavy (non-hydrogen) atoms. The fraction of sp³-hybridized carbons (Fsp3) is 0.300. The summed E-state index contributed by atoms with van der Waals surface area (Å²) in [5, 5.41) is 8.94. The minimum absolute atomic E-state index is 0.0765. The molecular formula is C20H20N2O3. The Hall–Kier alpha value is -3.00. The SMILES string of the molecule is N#Cc1cccc(OCC(=O)N(Cc2ccco2)C2=CCCCC2)c1. The highest BCUT2D eigenvalue weighted by atomic mass is 16.5. The molecule has 1 aliphatic rings. The summed E-state index contributed by atoms with van der Waals surface area (Å²) in [5.41, 5.74) is 1.54. The van der Waals surface area contributed by atoms with Crippen molar-refractivity contribution in [2.45, 2.75) is 32.2 Å². The Morgan fingerprint density at radius 2 is 2.20 bits per heavy atom. The van der Waals surface area contributed by atoms with Crippen molar-refractivity contribution in [2.75, 3.05) is 6.61 Å². The van der Waals surface area contributed by atoms with Gasteiger partial charge < -0.3 is 14.1 Å². The van der Waals surface area contributed by atoms with Gasteiger partial charge in [0, 0.05) is 5.70 Å². The summed E-state index contributed by atoms with van der Waals surface area (Å²) in [6, 6.07) is 12.5. The Morgan fingerprint density at radius 1 is 1.28 bits per heavy atom. The second kappa shape index (κ2) is 8.20. The minimum atomic E-state index is -0.119. The van der Waals surface area contributed by atoms with E-state index in [0.29, 0.717) is 17.9 Å². The van der Waals surface area contributed by atoms with E-state index in [1.54, 1.807) is 35.4 Å². The number of hydrogen-bond acceptors (Lipinski definition) is 4. The first-order valence-corrected chi connectivity index (χ1v) is 8.41. The first kappa shape index (κ1) is 16.8. The van der Waals surface area contributed by atoms with Crippen molar-refractivity contribution in [3.8, 4) is 11.8 Å². The van der Waals surface area contributed by atoms with Crippen LogP contribution in [-0.4, -0.2) is 17.4 Å². The molecule has 0 atom stereocenters. The number of carbonyl (C=O) groups is 1. The van der Waals surface area contributed by atoms with Crippen LogP contribution in [0.3, 0.4) is 0 Å². The maximum atomic E-state index is 12.7. The number of carbonyl (C=O) groups excluding carboxylic acids is 1. The van der Waals surface area contributed by atoms with Gasteiger partial charge in [-0.3, -0.25) is 4.79 Å². The average Bonchev–Trinajstić information content (AvgIpc) is 3.18. The van der Waals surface area contributed by atoms with Crippen LogP contribution in [0, 0.1) is 11.3 Å². The molecule has 0 aliphatic heterocycles.